The number of nitrogens with one attached hydrogen (secondary N) is 1. The minimum absolute atomic E-state index is 0.135. The lowest BCUT2D eigenvalue weighted by molar-refractivity contribution is 0.415. The Morgan fingerprint density at radius 3 is 2.64 bits per heavy atom. The average molecular weight is 392 g/mol. The van der Waals surface area contributed by atoms with E-state index in [1.165, 1.54) is 19.2 Å². The topological polar surface area (TPSA) is 55.4 Å². The maximum absolute atomic E-state index is 13.9. The molecule has 0 saturated carbocycles. The van der Waals surface area contributed by atoms with Crippen LogP contribution in [0.2, 0.25) is 0 Å². The average Bonchev–Trinajstić information content (AvgIpc) is 2.47. The summed E-state index contributed by atoms with van der Waals surface area (Å²) < 4.78 is 58.1. The summed E-state index contributed by atoms with van der Waals surface area (Å²) in [6.45, 7) is 0. The number of halogens is 3. The summed E-state index contributed by atoms with van der Waals surface area (Å²) in [5, 5.41) is 0. The van der Waals surface area contributed by atoms with Gasteiger partial charge in [0.1, 0.15) is 17.4 Å². The summed E-state index contributed by atoms with van der Waals surface area (Å²) in [7, 11) is -2.40. The molecule has 4 nitrogen and oxygen atoms in total. The summed E-state index contributed by atoms with van der Waals surface area (Å²) in [5.41, 5.74) is 0.157. The normalized spacial score (nSPS) is 11.3. The zero-order valence-electron chi connectivity index (χ0n) is 11.4. The Morgan fingerprint density at radius 2 is 1.95 bits per heavy atom. The van der Waals surface area contributed by atoms with Gasteiger partial charge in [0.05, 0.1) is 23.0 Å². The van der Waals surface area contributed by atoms with E-state index < -0.39 is 27.4 Å². The molecule has 22 heavy (non-hydrogen) atoms. The summed E-state index contributed by atoms with van der Waals surface area (Å²) in [4.78, 5) is 0. The van der Waals surface area contributed by atoms with E-state index >= 15 is 0 Å². The molecule has 2 rings (SSSR count). The van der Waals surface area contributed by atoms with Crippen LogP contribution in [0, 0.1) is 11.6 Å². The van der Waals surface area contributed by atoms with Crippen molar-refractivity contribution in [2.45, 2.75) is 5.75 Å². The second-order valence-electron chi connectivity index (χ2n) is 4.43. The van der Waals surface area contributed by atoms with Crippen LogP contribution < -0.4 is 9.46 Å². The molecule has 1 N–H and O–H groups in total. The van der Waals surface area contributed by atoms with Gasteiger partial charge in [0.25, 0.3) is 0 Å². The fraction of sp³-hybridized carbons (Fsp3) is 0.143. The first-order valence-corrected chi connectivity index (χ1v) is 8.54. The van der Waals surface area contributed by atoms with Gasteiger partial charge in [-0.3, -0.25) is 4.72 Å². The van der Waals surface area contributed by atoms with Crippen molar-refractivity contribution in [3.8, 4) is 5.75 Å². The van der Waals surface area contributed by atoms with Gasteiger partial charge in [0, 0.05) is 11.6 Å². The van der Waals surface area contributed by atoms with Gasteiger partial charge >= 0.3 is 0 Å². The van der Waals surface area contributed by atoms with Crippen molar-refractivity contribution in [3.63, 3.8) is 0 Å². The maximum atomic E-state index is 13.9. The minimum Gasteiger partial charge on any atom is -0.497 e. The Balaban J connectivity index is 2.23. The van der Waals surface area contributed by atoms with E-state index in [1.807, 2.05) is 0 Å². The monoisotopic (exact) mass is 391 g/mol. The molecule has 118 valence electrons. The molecule has 0 saturated heterocycles. The van der Waals surface area contributed by atoms with E-state index in [0.717, 1.165) is 12.1 Å². The van der Waals surface area contributed by atoms with Gasteiger partial charge in [0.15, 0.2) is 0 Å². The van der Waals surface area contributed by atoms with E-state index in [2.05, 4.69) is 20.7 Å². The van der Waals surface area contributed by atoms with Gasteiger partial charge in [-0.1, -0.05) is 12.1 Å². The summed E-state index contributed by atoms with van der Waals surface area (Å²) in [5.74, 6) is -1.86. The highest BCUT2D eigenvalue weighted by atomic mass is 79.9. The van der Waals surface area contributed by atoms with E-state index in [9.17, 15) is 17.2 Å². The van der Waals surface area contributed by atoms with E-state index in [0.29, 0.717) is 11.4 Å². The maximum Gasteiger partial charge on any atom is 0.237 e. The molecule has 0 unspecified atom stereocenters. The molecular weight excluding hydrogens is 380 g/mol. The van der Waals surface area contributed by atoms with E-state index in [4.69, 9.17) is 4.74 Å². The zero-order chi connectivity index (χ0) is 16.3. The Hall–Kier alpha value is -1.67. The van der Waals surface area contributed by atoms with Crippen molar-refractivity contribution in [2.75, 3.05) is 11.8 Å². The summed E-state index contributed by atoms with van der Waals surface area (Å²) in [6.07, 6.45) is 0. The van der Waals surface area contributed by atoms with Gasteiger partial charge in [-0.2, -0.15) is 0 Å². The third-order valence-corrected chi connectivity index (χ3v) is 4.77. The van der Waals surface area contributed by atoms with Crippen LogP contribution in [0.25, 0.3) is 0 Å². The van der Waals surface area contributed by atoms with Crippen LogP contribution in [-0.2, 0) is 15.8 Å². The second kappa shape index (κ2) is 6.62. The number of hydrogen-bond acceptors (Lipinski definition) is 3. The minimum atomic E-state index is -3.85. The predicted molar refractivity (Wildman–Crippen MR) is 83.3 cm³/mol. The number of ether oxygens (including phenoxy) is 1. The number of anilines is 1. The molecule has 0 radical (unpaired) electrons. The first kappa shape index (κ1) is 16.7. The molecular formula is C14H12BrF2NO3S. The highest BCUT2D eigenvalue weighted by molar-refractivity contribution is 9.10. The van der Waals surface area contributed by atoms with Crippen molar-refractivity contribution < 1.29 is 21.9 Å². The van der Waals surface area contributed by atoms with Crippen LogP contribution >= 0.6 is 15.9 Å². The van der Waals surface area contributed by atoms with Crippen molar-refractivity contribution in [2.24, 2.45) is 0 Å². The van der Waals surface area contributed by atoms with Crippen LogP contribution in [0.4, 0.5) is 14.5 Å². The largest absolute Gasteiger partial charge is 0.497 e. The number of sulfonamides is 1. The first-order chi connectivity index (χ1) is 10.3. The molecule has 0 atom stereocenters. The molecule has 8 heteroatoms. The summed E-state index contributed by atoms with van der Waals surface area (Å²) in [6, 6.07) is 8.41. The van der Waals surface area contributed by atoms with Crippen molar-refractivity contribution in [1.82, 2.24) is 0 Å². The molecule has 0 aliphatic heterocycles. The third kappa shape index (κ3) is 3.95. The predicted octanol–water partition coefficient (Wildman–Crippen LogP) is 3.68. The molecule has 0 aliphatic carbocycles. The highest BCUT2D eigenvalue weighted by Gasteiger charge is 2.18. The Morgan fingerprint density at radius 1 is 1.23 bits per heavy atom. The zero-order valence-corrected chi connectivity index (χ0v) is 13.8. The molecule has 0 heterocycles. The standard InChI is InChI=1S/C14H12BrF2NO3S/c1-21-11-4-2-3-10(7-11)18-22(19,20)8-9-5-6-12(16)13(15)14(9)17/h2-7,18H,8H2,1H3. The van der Waals surface area contributed by atoms with Gasteiger partial charge in [-0.15, -0.1) is 0 Å². The quantitative estimate of drug-likeness (QED) is 0.790. The molecule has 0 aliphatic rings. The van der Waals surface area contributed by atoms with Crippen LogP contribution in [-0.4, -0.2) is 15.5 Å². The van der Waals surface area contributed by atoms with Gasteiger partial charge in [-0.25, -0.2) is 17.2 Å². The van der Waals surface area contributed by atoms with E-state index in [-0.39, 0.29) is 10.0 Å². The number of methoxy groups -OCH3 is 1. The number of hydrogen-bond donors (Lipinski definition) is 1. The number of rotatable bonds is 5. The molecule has 2 aromatic carbocycles. The summed E-state index contributed by atoms with van der Waals surface area (Å²) >= 11 is 2.74. The molecule has 0 bridgehead atoms. The third-order valence-electron chi connectivity index (χ3n) is 2.80. The van der Waals surface area contributed by atoms with Gasteiger partial charge < -0.3 is 4.74 Å². The van der Waals surface area contributed by atoms with Gasteiger partial charge in [-0.05, 0) is 34.1 Å². The lowest BCUT2D eigenvalue weighted by Gasteiger charge is -2.10. The lowest BCUT2D eigenvalue weighted by Crippen LogP contribution is -2.16. The van der Waals surface area contributed by atoms with Crippen LogP contribution in [0.3, 0.4) is 0 Å². The van der Waals surface area contributed by atoms with Gasteiger partial charge in [0.2, 0.25) is 10.0 Å². The van der Waals surface area contributed by atoms with Crippen LogP contribution in [0.1, 0.15) is 5.56 Å². The van der Waals surface area contributed by atoms with Crippen molar-refractivity contribution >= 4 is 31.6 Å². The molecule has 0 spiro atoms. The smallest absolute Gasteiger partial charge is 0.237 e. The Labute approximate surface area is 135 Å². The molecule has 0 fully saturated rings. The highest BCUT2D eigenvalue weighted by Crippen LogP contribution is 2.25. The van der Waals surface area contributed by atoms with E-state index in [1.54, 1.807) is 12.1 Å². The Kier molecular flexibility index (Phi) is 5.02. The SMILES string of the molecule is COc1cccc(NS(=O)(=O)Cc2ccc(F)c(Br)c2F)c1. The van der Waals surface area contributed by atoms with Crippen LogP contribution in [0.15, 0.2) is 40.9 Å². The lowest BCUT2D eigenvalue weighted by atomic mass is 10.2. The molecule has 2 aromatic rings. The molecule has 0 amide bonds. The first-order valence-electron chi connectivity index (χ1n) is 6.09. The number of benzene rings is 2. The second-order valence-corrected chi connectivity index (χ2v) is 6.94. The van der Waals surface area contributed by atoms with Crippen LogP contribution in [0.5, 0.6) is 5.75 Å². The Bertz CT molecular complexity index is 797. The van der Waals surface area contributed by atoms with Crippen molar-refractivity contribution in [1.29, 1.82) is 0 Å². The fourth-order valence-electron chi connectivity index (χ4n) is 1.78. The fourth-order valence-corrected chi connectivity index (χ4v) is 3.36. The van der Waals surface area contributed by atoms with Crippen molar-refractivity contribution in [3.05, 3.63) is 58.1 Å². The molecule has 0 aromatic heterocycles.